The van der Waals surface area contributed by atoms with Crippen LogP contribution in [0, 0.1) is 5.92 Å². The number of methoxy groups -OCH3 is 4. The van der Waals surface area contributed by atoms with Gasteiger partial charge in [0.25, 0.3) is 0 Å². The molecule has 0 aromatic heterocycles. The van der Waals surface area contributed by atoms with E-state index in [1.54, 1.807) is 51.5 Å². The molecule has 0 radical (unpaired) electrons. The number of likely N-dealkylation sites (tertiary alicyclic amines) is 1. The molecule has 0 bridgehead atoms. The maximum atomic E-state index is 12.8. The van der Waals surface area contributed by atoms with Crippen molar-refractivity contribution in [2.75, 3.05) is 60.1 Å². The first-order valence-electron chi connectivity index (χ1n) is 11.1. The van der Waals surface area contributed by atoms with Gasteiger partial charge < -0.3 is 33.9 Å². The van der Waals surface area contributed by atoms with Crippen molar-refractivity contribution >= 4 is 17.5 Å². The lowest BCUT2D eigenvalue weighted by Gasteiger charge is -2.17. The number of rotatable bonds is 12. The Bertz CT molecular complexity index is 995. The molecule has 9 heteroatoms. The number of carbonyl (C=O) groups is 2. The van der Waals surface area contributed by atoms with Gasteiger partial charge in [-0.05, 0) is 36.2 Å². The van der Waals surface area contributed by atoms with Crippen molar-refractivity contribution in [1.29, 1.82) is 0 Å². The highest BCUT2D eigenvalue weighted by Crippen LogP contribution is 2.31. The summed E-state index contributed by atoms with van der Waals surface area (Å²) in [6.45, 7) is 1.70. The molecular weight excluding hydrogens is 440 g/mol. The highest BCUT2D eigenvalue weighted by Gasteiger charge is 2.34. The van der Waals surface area contributed by atoms with Crippen molar-refractivity contribution in [2.45, 2.75) is 12.8 Å². The van der Waals surface area contributed by atoms with Crippen LogP contribution in [-0.2, 0) is 20.7 Å². The highest BCUT2D eigenvalue weighted by molar-refractivity contribution is 5.97. The molecular formula is C25H32N2O7. The fraction of sp³-hybridized carbons (Fsp3) is 0.440. The minimum Gasteiger partial charge on any atom is -0.493 e. The molecule has 1 aliphatic rings. The van der Waals surface area contributed by atoms with Gasteiger partial charge in [0.15, 0.2) is 23.0 Å². The van der Waals surface area contributed by atoms with Gasteiger partial charge >= 0.3 is 0 Å². The summed E-state index contributed by atoms with van der Waals surface area (Å²) in [7, 11) is 6.33. The molecule has 2 aromatic carbocycles. The lowest BCUT2D eigenvalue weighted by Crippen LogP contribution is -2.30. The quantitative estimate of drug-likeness (QED) is 0.475. The van der Waals surface area contributed by atoms with Crippen molar-refractivity contribution in [1.82, 2.24) is 4.90 Å². The molecule has 1 fully saturated rings. The van der Waals surface area contributed by atoms with Crippen molar-refractivity contribution in [3.05, 3.63) is 42.0 Å². The maximum Gasteiger partial charge on any atom is 0.229 e. The Morgan fingerprint density at radius 1 is 0.941 bits per heavy atom. The van der Waals surface area contributed by atoms with E-state index >= 15 is 0 Å². The third kappa shape index (κ3) is 6.32. The van der Waals surface area contributed by atoms with Crippen LogP contribution in [0.15, 0.2) is 36.4 Å². The summed E-state index contributed by atoms with van der Waals surface area (Å²) < 4.78 is 26.6. The van der Waals surface area contributed by atoms with E-state index in [0.29, 0.717) is 61.4 Å². The van der Waals surface area contributed by atoms with E-state index in [2.05, 4.69) is 5.32 Å². The monoisotopic (exact) mass is 472 g/mol. The topological polar surface area (TPSA) is 95.6 Å². The van der Waals surface area contributed by atoms with Gasteiger partial charge in [-0.25, -0.2) is 0 Å². The molecule has 1 atom stereocenters. The molecule has 1 heterocycles. The molecule has 1 aliphatic heterocycles. The third-order valence-corrected chi connectivity index (χ3v) is 5.68. The SMILES string of the molecule is COCCOc1cc(NC(=O)C2CC(=O)N(CCc3ccc(OC)c(OC)c3)C2)ccc1OC. The molecule has 0 saturated carbocycles. The lowest BCUT2D eigenvalue weighted by atomic mass is 10.1. The first kappa shape index (κ1) is 25.2. The van der Waals surface area contributed by atoms with E-state index in [4.69, 9.17) is 23.7 Å². The summed E-state index contributed by atoms with van der Waals surface area (Å²) >= 11 is 0. The van der Waals surface area contributed by atoms with Crippen LogP contribution < -0.4 is 24.3 Å². The summed E-state index contributed by atoms with van der Waals surface area (Å²) in [4.78, 5) is 27.1. The number of benzene rings is 2. The van der Waals surface area contributed by atoms with Gasteiger partial charge in [0, 0.05) is 38.4 Å². The minimum atomic E-state index is -0.419. The molecule has 2 amide bonds. The normalized spacial score (nSPS) is 15.2. The number of amides is 2. The van der Waals surface area contributed by atoms with Crippen molar-refractivity contribution in [2.24, 2.45) is 5.92 Å². The van der Waals surface area contributed by atoms with Gasteiger partial charge in [-0.15, -0.1) is 0 Å². The summed E-state index contributed by atoms with van der Waals surface area (Å²) in [6.07, 6.45) is 0.839. The number of ether oxygens (including phenoxy) is 5. The van der Waals surface area contributed by atoms with E-state index in [0.717, 1.165) is 5.56 Å². The van der Waals surface area contributed by atoms with E-state index in [-0.39, 0.29) is 18.2 Å². The van der Waals surface area contributed by atoms with Crippen LogP contribution in [0.2, 0.25) is 0 Å². The fourth-order valence-corrected chi connectivity index (χ4v) is 3.81. The third-order valence-electron chi connectivity index (χ3n) is 5.68. The van der Waals surface area contributed by atoms with Gasteiger partial charge in [-0.1, -0.05) is 6.07 Å². The number of nitrogens with one attached hydrogen (secondary N) is 1. The predicted octanol–water partition coefficient (Wildman–Crippen LogP) is 2.77. The highest BCUT2D eigenvalue weighted by atomic mass is 16.5. The first-order valence-corrected chi connectivity index (χ1v) is 11.1. The molecule has 34 heavy (non-hydrogen) atoms. The van der Waals surface area contributed by atoms with Gasteiger partial charge in [0.1, 0.15) is 6.61 Å². The van der Waals surface area contributed by atoms with Crippen LogP contribution in [0.1, 0.15) is 12.0 Å². The summed E-state index contributed by atoms with van der Waals surface area (Å²) in [5, 5.41) is 2.89. The molecule has 184 valence electrons. The Morgan fingerprint density at radius 2 is 1.65 bits per heavy atom. The second kappa shape index (κ2) is 12.1. The van der Waals surface area contributed by atoms with Gasteiger partial charge in [0.2, 0.25) is 11.8 Å². The summed E-state index contributed by atoms with van der Waals surface area (Å²) in [6, 6.07) is 10.9. The first-order chi connectivity index (χ1) is 16.5. The van der Waals surface area contributed by atoms with E-state index in [1.165, 1.54) is 0 Å². The van der Waals surface area contributed by atoms with Gasteiger partial charge in [0.05, 0.1) is 33.9 Å². The zero-order chi connectivity index (χ0) is 24.5. The zero-order valence-corrected chi connectivity index (χ0v) is 20.1. The van der Waals surface area contributed by atoms with Crippen molar-refractivity contribution in [3.8, 4) is 23.0 Å². The lowest BCUT2D eigenvalue weighted by molar-refractivity contribution is -0.128. The molecule has 1 unspecified atom stereocenters. The van der Waals surface area contributed by atoms with E-state index < -0.39 is 5.92 Å². The largest absolute Gasteiger partial charge is 0.493 e. The Morgan fingerprint density at radius 3 is 2.35 bits per heavy atom. The zero-order valence-electron chi connectivity index (χ0n) is 20.1. The van der Waals surface area contributed by atoms with E-state index in [1.807, 2.05) is 18.2 Å². The number of anilines is 1. The number of hydrogen-bond acceptors (Lipinski definition) is 7. The van der Waals surface area contributed by atoms with E-state index in [9.17, 15) is 9.59 Å². The average molecular weight is 473 g/mol. The molecule has 3 rings (SSSR count). The van der Waals surface area contributed by atoms with Crippen LogP contribution in [0.25, 0.3) is 0 Å². The summed E-state index contributed by atoms with van der Waals surface area (Å²) in [5.74, 6) is 1.73. The minimum absolute atomic E-state index is 0.0288. The maximum absolute atomic E-state index is 12.8. The Kier molecular flexibility index (Phi) is 8.98. The second-order valence-electron chi connectivity index (χ2n) is 7.88. The molecule has 9 nitrogen and oxygen atoms in total. The summed E-state index contributed by atoms with van der Waals surface area (Å²) in [5.41, 5.74) is 1.60. The number of carbonyl (C=O) groups excluding carboxylic acids is 2. The smallest absolute Gasteiger partial charge is 0.229 e. The van der Waals surface area contributed by atoms with Gasteiger partial charge in [-0.2, -0.15) is 0 Å². The van der Waals surface area contributed by atoms with Crippen LogP contribution in [-0.4, -0.2) is 71.5 Å². The molecule has 0 aliphatic carbocycles. The predicted molar refractivity (Wildman–Crippen MR) is 127 cm³/mol. The second-order valence-corrected chi connectivity index (χ2v) is 7.88. The standard InChI is InChI=1S/C25H32N2O7/c1-30-11-12-34-23-15-19(6-8-21(23)32-3)26-25(29)18-14-24(28)27(16-18)10-9-17-5-7-20(31-2)22(13-17)33-4/h5-8,13,15,18H,9-12,14,16H2,1-4H3,(H,26,29). The van der Waals surface area contributed by atoms with Crippen molar-refractivity contribution in [3.63, 3.8) is 0 Å². The van der Waals surface area contributed by atoms with Crippen LogP contribution in [0.4, 0.5) is 5.69 Å². The number of nitrogens with zero attached hydrogens (tertiary/aromatic N) is 1. The van der Waals surface area contributed by atoms with Crippen LogP contribution in [0.3, 0.4) is 0 Å². The Labute approximate surface area is 199 Å². The molecule has 1 N–H and O–H groups in total. The fourth-order valence-electron chi connectivity index (χ4n) is 3.81. The molecule has 2 aromatic rings. The Hall–Kier alpha value is -3.46. The van der Waals surface area contributed by atoms with Gasteiger partial charge in [-0.3, -0.25) is 9.59 Å². The van der Waals surface area contributed by atoms with Crippen LogP contribution in [0.5, 0.6) is 23.0 Å². The van der Waals surface area contributed by atoms with Crippen molar-refractivity contribution < 1.29 is 33.3 Å². The van der Waals surface area contributed by atoms with Crippen LogP contribution >= 0.6 is 0 Å². The average Bonchev–Trinajstić information content (AvgIpc) is 3.23. The number of hydrogen-bond donors (Lipinski definition) is 1. The molecule has 0 spiro atoms. The Balaban J connectivity index is 1.57. The molecule has 1 saturated heterocycles.